The van der Waals surface area contributed by atoms with Crippen molar-refractivity contribution in [1.82, 2.24) is 20.4 Å². The molecule has 18 heavy (non-hydrogen) atoms. The fraction of sp³-hybridized carbons (Fsp3) is 0.786. The van der Waals surface area contributed by atoms with E-state index in [9.17, 15) is 0 Å². The molecule has 1 heterocycles. The van der Waals surface area contributed by atoms with Crippen LogP contribution in [0.15, 0.2) is 0 Å². The lowest BCUT2D eigenvalue weighted by Crippen LogP contribution is -2.32. The number of likely N-dealkylation sites (N-methyl/N-ethyl adjacent to an activating group) is 1. The Morgan fingerprint density at radius 3 is 2.56 bits per heavy atom. The highest BCUT2D eigenvalue weighted by Crippen LogP contribution is 2.10. The fourth-order valence-electron chi connectivity index (χ4n) is 2.02. The van der Waals surface area contributed by atoms with E-state index in [1.54, 1.807) is 0 Å². The third kappa shape index (κ3) is 5.19. The van der Waals surface area contributed by atoms with Gasteiger partial charge in [-0.3, -0.25) is 5.10 Å². The lowest BCUT2D eigenvalue weighted by molar-refractivity contribution is 0.332. The summed E-state index contributed by atoms with van der Waals surface area (Å²) in [4.78, 5) is 2.37. The lowest BCUT2D eigenvalue weighted by Gasteiger charge is -2.17. The predicted molar refractivity (Wildman–Crippen MR) is 77.0 cm³/mol. The number of aromatic nitrogens is 2. The van der Waals surface area contributed by atoms with Crippen LogP contribution in [0.1, 0.15) is 30.8 Å². The number of hydrogen-bond donors (Lipinski definition) is 2. The lowest BCUT2D eigenvalue weighted by atomic mass is 10.1. The van der Waals surface area contributed by atoms with Gasteiger partial charge in [-0.1, -0.05) is 13.8 Å². The summed E-state index contributed by atoms with van der Waals surface area (Å²) in [6.07, 6.45) is 1.08. The molecule has 0 aliphatic carbocycles. The van der Waals surface area contributed by atoms with Gasteiger partial charge in [-0.15, -0.1) is 0 Å². The number of hydrogen-bond acceptors (Lipinski definition) is 3. The minimum Gasteiger partial charge on any atom is -0.315 e. The molecule has 0 bridgehead atoms. The summed E-state index contributed by atoms with van der Waals surface area (Å²) in [6, 6.07) is 0. The van der Waals surface area contributed by atoms with Crippen LogP contribution in [0, 0.1) is 19.8 Å². The molecule has 0 saturated carbocycles. The Kier molecular flexibility index (Phi) is 6.36. The molecule has 1 rings (SSSR count). The summed E-state index contributed by atoms with van der Waals surface area (Å²) in [6.45, 7) is 13.0. The topological polar surface area (TPSA) is 44.0 Å². The summed E-state index contributed by atoms with van der Waals surface area (Å²) < 4.78 is 0. The first-order chi connectivity index (χ1) is 8.50. The zero-order chi connectivity index (χ0) is 13.5. The van der Waals surface area contributed by atoms with Crippen LogP contribution in [-0.2, 0) is 6.42 Å². The zero-order valence-electron chi connectivity index (χ0n) is 12.5. The van der Waals surface area contributed by atoms with Crippen LogP contribution in [0.25, 0.3) is 0 Å². The van der Waals surface area contributed by atoms with E-state index < -0.39 is 0 Å². The number of H-pyrrole nitrogens is 1. The van der Waals surface area contributed by atoms with Gasteiger partial charge in [0.05, 0.1) is 5.69 Å². The van der Waals surface area contributed by atoms with Crippen molar-refractivity contribution in [2.75, 3.05) is 33.2 Å². The van der Waals surface area contributed by atoms with Gasteiger partial charge in [0.2, 0.25) is 0 Å². The van der Waals surface area contributed by atoms with Crippen LogP contribution in [0.4, 0.5) is 0 Å². The van der Waals surface area contributed by atoms with Crippen molar-refractivity contribution in [3.05, 3.63) is 17.0 Å². The van der Waals surface area contributed by atoms with Gasteiger partial charge in [0.15, 0.2) is 0 Å². The molecular formula is C14H28N4. The van der Waals surface area contributed by atoms with Gasteiger partial charge < -0.3 is 10.2 Å². The van der Waals surface area contributed by atoms with E-state index in [2.05, 4.69) is 55.2 Å². The average Bonchev–Trinajstić information content (AvgIpc) is 2.62. The smallest absolute Gasteiger partial charge is 0.0626 e. The number of rotatable bonds is 8. The molecule has 0 saturated heterocycles. The van der Waals surface area contributed by atoms with E-state index in [-0.39, 0.29) is 0 Å². The van der Waals surface area contributed by atoms with Crippen molar-refractivity contribution in [2.45, 2.75) is 34.1 Å². The van der Waals surface area contributed by atoms with Crippen molar-refractivity contribution in [2.24, 2.45) is 5.92 Å². The van der Waals surface area contributed by atoms with Gasteiger partial charge >= 0.3 is 0 Å². The first-order valence-corrected chi connectivity index (χ1v) is 6.90. The standard InChI is InChI=1S/C14H28N4/c1-11(2)10-15-7-9-18(5)8-6-14-12(3)16-17-13(14)4/h11,15H,6-10H2,1-5H3,(H,16,17). The molecule has 4 nitrogen and oxygen atoms in total. The third-order valence-electron chi connectivity index (χ3n) is 3.25. The van der Waals surface area contributed by atoms with E-state index in [0.29, 0.717) is 0 Å². The second-order valence-electron chi connectivity index (χ2n) is 5.56. The van der Waals surface area contributed by atoms with Crippen LogP contribution in [-0.4, -0.2) is 48.3 Å². The second-order valence-corrected chi connectivity index (χ2v) is 5.56. The van der Waals surface area contributed by atoms with Gasteiger partial charge in [-0.25, -0.2) is 0 Å². The fourth-order valence-corrected chi connectivity index (χ4v) is 2.02. The zero-order valence-corrected chi connectivity index (χ0v) is 12.5. The van der Waals surface area contributed by atoms with E-state index in [4.69, 9.17) is 0 Å². The van der Waals surface area contributed by atoms with E-state index >= 15 is 0 Å². The average molecular weight is 252 g/mol. The number of aromatic amines is 1. The quantitative estimate of drug-likeness (QED) is 0.693. The maximum absolute atomic E-state index is 4.23. The first-order valence-electron chi connectivity index (χ1n) is 6.90. The Bertz CT molecular complexity index is 324. The molecular weight excluding hydrogens is 224 g/mol. The number of nitrogens with one attached hydrogen (secondary N) is 2. The summed E-state index contributed by atoms with van der Waals surface area (Å²) in [5, 5.41) is 10.7. The van der Waals surface area contributed by atoms with Crippen LogP contribution < -0.4 is 5.32 Å². The number of aryl methyl sites for hydroxylation is 2. The van der Waals surface area contributed by atoms with E-state index in [0.717, 1.165) is 44.2 Å². The Labute approximate surface area is 111 Å². The van der Waals surface area contributed by atoms with Crippen molar-refractivity contribution in [3.8, 4) is 0 Å². The van der Waals surface area contributed by atoms with Crippen molar-refractivity contribution >= 4 is 0 Å². The maximum Gasteiger partial charge on any atom is 0.0626 e. The van der Waals surface area contributed by atoms with E-state index in [1.807, 2.05) is 0 Å². The van der Waals surface area contributed by atoms with Gasteiger partial charge in [0, 0.05) is 25.3 Å². The first kappa shape index (κ1) is 15.2. The molecule has 0 aliphatic heterocycles. The molecule has 0 spiro atoms. The largest absolute Gasteiger partial charge is 0.315 e. The minimum atomic E-state index is 0.728. The Morgan fingerprint density at radius 2 is 2.00 bits per heavy atom. The molecule has 1 aromatic rings. The Hall–Kier alpha value is -0.870. The molecule has 0 aromatic carbocycles. The van der Waals surface area contributed by atoms with Crippen LogP contribution in [0.3, 0.4) is 0 Å². The van der Waals surface area contributed by atoms with Gasteiger partial charge in [-0.2, -0.15) is 5.10 Å². The SMILES string of the molecule is Cc1n[nH]c(C)c1CCN(C)CCNCC(C)C. The van der Waals surface area contributed by atoms with Crippen molar-refractivity contribution < 1.29 is 0 Å². The third-order valence-corrected chi connectivity index (χ3v) is 3.25. The molecule has 0 fully saturated rings. The van der Waals surface area contributed by atoms with Crippen LogP contribution in [0.5, 0.6) is 0 Å². The normalized spacial score (nSPS) is 11.7. The van der Waals surface area contributed by atoms with Gasteiger partial charge in [0.1, 0.15) is 0 Å². The van der Waals surface area contributed by atoms with Gasteiger partial charge in [-0.05, 0) is 45.3 Å². The highest BCUT2D eigenvalue weighted by atomic mass is 15.1. The molecule has 0 aliphatic rings. The predicted octanol–water partition coefficient (Wildman–Crippen LogP) is 1.75. The summed E-state index contributed by atoms with van der Waals surface area (Å²) in [7, 11) is 2.18. The molecule has 0 atom stereocenters. The summed E-state index contributed by atoms with van der Waals surface area (Å²) in [5.41, 5.74) is 3.72. The van der Waals surface area contributed by atoms with E-state index in [1.165, 1.54) is 11.3 Å². The van der Waals surface area contributed by atoms with Crippen molar-refractivity contribution in [1.29, 1.82) is 0 Å². The van der Waals surface area contributed by atoms with Crippen LogP contribution >= 0.6 is 0 Å². The van der Waals surface area contributed by atoms with Gasteiger partial charge in [0.25, 0.3) is 0 Å². The highest BCUT2D eigenvalue weighted by molar-refractivity contribution is 5.23. The number of nitrogens with zero attached hydrogens (tertiary/aromatic N) is 2. The maximum atomic E-state index is 4.23. The minimum absolute atomic E-state index is 0.728. The second kappa shape index (κ2) is 7.54. The molecule has 104 valence electrons. The summed E-state index contributed by atoms with van der Waals surface area (Å²) >= 11 is 0. The highest BCUT2D eigenvalue weighted by Gasteiger charge is 2.07. The van der Waals surface area contributed by atoms with Crippen LogP contribution in [0.2, 0.25) is 0 Å². The monoisotopic (exact) mass is 252 g/mol. The molecule has 0 radical (unpaired) electrons. The Morgan fingerprint density at radius 1 is 1.28 bits per heavy atom. The molecule has 0 amide bonds. The molecule has 1 aromatic heterocycles. The Balaban J connectivity index is 2.19. The molecule has 2 N–H and O–H groups in total. The van der Waals surface area contributed by atoms with Crippen molar-refractivity contribution in [3.63, 3.8) is 0 Å². The summed E-state index contributed by atoms with van der Waals surface area (Å²) in [5.74, 6) is 0.728. The molecule has 4 heteroatoms. The molecule has 0 unspecified atom stereocenters.